The fourth-order valence-corrected chi connectivity index (χ4v) is 0.837. The standard InChI is InChI=1S/C9H17NO2/c1-4-5-8(2)10-6-9(11)7-12-3/h1,8-11H,5-7H2,2-3H3. The predicted octanol–water partition coefficient (Wildman–Crippen LogP) is -0.00490. The van der Waals surface area contributed by atoms with Gasteiger partial charge in [0.1, 0.15) is 0 Å². The van der Waals surface area contributed by atoms with E-state index in [0.29, 0.717) is 19.6 Å². The third kappa shape index (κ3) is 6.17. The molecule has 0 rings (SSSR count). The molecule has 0 bridgehead atoms. The highest BCUT2D eigenvalue weighted by atomic mass is 16.5. The van der Waals surface area contributed by atoms with Crippen molar-refractivity contribution in [3.8, 4) is 12.3 Å². The summed E-state index contributed by atoms with van der Waals surface area (Å²) in [4.78, 5) is 0. The first-order chi connectivity index (χ1) is 5.70. The molecule has 0 fully saturated rings. The van der Waals surface area contributed by atoms with Crippen LogP contribution in [0.3, 0.4) is 0 Å². The van der Waals surface area contributed by atoms with Gasteiger partial charge in [0.15, 0.2) is 0 Å². The van der Waals surface area contributed by atoms with Gasteiger partial charge in [0.25, 0.3) is 0 Å². The highest BCUT2D eigenvalue weighted by molar-refractivity contribution is 4.88. The molecule has 12 heavy (non-hydrogen) atoms. The van der Waals surface area contributed by atoms with Gasteiger partial charge >= 0.3 is 0 Å². The van der Waals surface area contributed by atoms with Gasteiger partial charge in [-0.3, -0.25) is 0 Å². The highest BCUT2D eigenvalue weighted by Crippen LogP contribution is 1.89. The first-order valence-electron chi connectivity index (χ1n) is 4.04. The molecule has 2 N–H and O–H groups in total. The van der Waals surface area contributed by atoms with Gasteiger partial charge in [-0.2, -0.15) is 0 Å². The minimum Gasteiger partial charge on any atom is -0.389 e. The maximum Gasteiger partial charge on any atom is 0.0897 e. The van der Waals surface area contributed by atoms with Crippen LogP contribution in [0, 0.1) is 12.3 Å². The van der Waals surface area contributed by atoms with Gasteiger partial charge in [-0.15, -0.1) is 12.3 Å². The molecule has 2 atom stereocenters. The second kappa shape index (κ2) is 7.11. The van der Waals surface area contributed by atoms with Crippen molar-refractivity contribution < 1.29 is 9.84 Å². The summed E-state index contributed by atoms with van der Waals surface area (Å²) in [6, 6.07) is 0.251. The summed E-state index contributed by atoms with van der Waals surface area (Å²) in [5.74, 6) is 2.55. The zero-order valence-electron chi connectivity index (χ0n) is 7.71. The number of nitrogens with one attached hydrogen (secondary N) is 1. The molecule has 0 aliphatic rings. The minimum atomic E-state index is -0.449. The Kier molecular flexibility index (Phi) is 6.78. The zero-order chi connectivity index (χ0) is 9.40. The molecule has 0 radical (unpaired) electrons. The number of aliphatic hydroxyl groups excluding tert-OH is 1. The summed E-state index contributed by atoms with van der Waals surface area (Å²) in [5.41, 5.74) is 0. The number of ether oxygens (including phenoxy) is 1. The quantitative estimate of drug-likeness (QED) is 0.552. The van der Waals surface area contributed by atoms with Crippen LogP contribution in [0.2, 0.25) is 0 Å². The van der Waals surface area contributed by atoms with E-state index in [1.165, 1.54) is 0 Å². The molecule has 0 aliphatic heterocycles. The number of terminal acetylenes is 1. The SMILES string of the molecule is C#CCC(C)NCC(O)COC. The van der Waals surface area contributed by atoms with Crippen molar-refractivity contribution in [1.29, 1.82) is 0 Å². The zero-order valence-corrected chi connectivity index (χ0v) is 7.71. The van der Waals surface area contributed by atoms with E-state index in [-0.39, 0.29) is 6.04 Å². The molecule has 0 heterocycles. The Hall–Kier alpha value is -0.560. The third-order valence-electron chi connectivity index (χ3n) is 1.49. The summed E-state index contributed by atoms with van der Waals surface area (Å²) in [5, 5.41) is 12.3. The highest BCUT2D eigenvalue weighted by Gasteiger charge is 2.04. The topological polar surface area (TPSA) is 41.5 Å². The summed E-state index contributed by atoms with van der Waals surface area (Å²) in [6.07, 6.45) is 5.35. The van der Waals surface area contributed by atoms with Crippen LogP contribution in [0.15, 0.2) is 0 Å². The second-order valence-corrected chi connectivity index (χ2v) is 2.83. The lowest BCUT2D eigenvalue weighted by molar-refractivity contribution is 0.0631. The predicted molar refractivity (Wildman–Crippen MR) is 48.8 cm³/mol. The van der Waals surface area contributed by atoms with Crippen molar-refractivity contribution in [2.75, 3.05) is 20.3 Å². The van der Waals surface area contributed by atoms with Crippen molar-refractivity contribution in [3.63, 3.8) is 0 Å². The summed E-state index contributed by atoms with van der Waals surface area (Å²) in [6.45, 7) is 2.87. The number of rotatable bonds is 6. The largest absolute Gasteiger partial charge is 0.389 e. The first-order valence-corrected chi connectivity index (χ1v) is 4.04. The lowest BCUT2D eigenvalue weighted by Gasteiger charge is -2.14. The van der Waals surface area contributed by atoms with Crippen LogP contribution in [0.5, 0.6) is 0 Å². The molecule has 0 aromatic heterocycles. The molecule has 0 saturated heterocycles. The molecule has 70 valence electrons. The summed E-state index contributed by atoms with van der Waals surface area (Å²) >= 11 is 0. The smallest absolute Gasteiger partial charge is 0.0897 e. The average molecular weight is 171 g/mol. The van der Waals surface area contributed by atoms with Gasteiger partial charge in [-0.25, -0.2) is 0 Å². The number of hydrogen-bond donors (Lipinski definition) is 2. The minimum absolute atomic E-state index is 0.251. The number of methoxy groups -OCH3 is 1. The summed E-state index contributed by atoms with van der Waals surface area (Å²) in [7, 11) is 1.56. The van der Waals surface area contributed by atoms with Crippen molar-refractivity contribution in [2.24, 2.45) is 0 Å². The Labute approximate surface area is 74.1 Å². The van der Waals surface area contributed by atoms with Crippen molar-refractivity contribution >= 4 is 0 Å². The van der Waals surface area contributed by atoms with Crippen LogP contribution in [-0.4, -0.2) is 37.5 Å². The van der Waals surface area contributed by atoms with Crippen LogP contribution in [0.4, 0.5) is 0 Å². The van der Waals surface area contributed by atoms with E-state index in [1.807, 2.05) is 6.92 Å². The van der Waals surface area contributed by atoms with Gasteiger partial charge in [0.05, 0.1) is 12.7 Å². The Morgan fingerprint density at radius 3 is 2.83 bits per heavy atom. The fraction of sp³-hybridized carbons (Fsp3) is 0.778. The number of aliphatic hydroxyl groups is 1. The van der Waals surface area contributed by atoms with Crippen LogP contribution in [0.1, 0.15) is 13.3 Å². The molecule has 0 saturated carbocycles. The van der Waals surface area contributed by atoms with E-state index in [4.69, 9.17) is 11.2 Å². The van der Waals surface area contributed by atoms with Crippen LogP contribution >= 0.6 is 0 Å². The van der Waals surface area contributed by atoms with E-state index in [1.54, 1.807) is 7.11 Å². The molecule has 0 amide bonds. The molecule has 3 heteroatoms. The van der Waals surface area contributed by atoms with Crippen LogP contribution < -0.4 is 5.32 Å². The van der Waals surface area contributed by atoms with Crippen molar-refractivity contribution in [2.45, 2.75) is 25.5 Å². The molecule has 3 nitrogen and oxygen atoms in total. The fourth-order valence-electron chi connectivity index (χ4n) is 0.837. The van der Waals surface area contributed by atoms with Gasteiger partial charge < -0.3 is 15.2 Å². The first kappa shape index (κ1) is 11.4. The molecule has 0 aromatic carbocycles. The Balaban J connectivity index is 3.34. The van der Waals surface area contributed by atoms with Crippen LogP contribution in [0.25, 0.3) is 0 Å². The van der Waals surface area contributed by atoms with E-state index in [0.717, 1.165) is 0 Å². The van der Waals surface area contributed by atoms with Gasteiger partial charge in [-0.1, -0.05) is 0 Å². The van der Waals surface area contributed by atoms with E-state index in [2.05, 4.69) is 11.2 Å². The lowest BCUT2D eigenvalue weighted by Crippen LogP contribution is -2.35. The molecular weight excluding hydrogens is 154 g/mol. The molecule has 2 unspecified atom stereocenters. The van der Waals surface area contributed by atoms with Gasteiger partial charge in [0, 0.05) is 26.1 Å². The number of hydrogen-bond acceptors (Lipinski definition) is 3. The maximum absolute atomic E-state index is 9.23. The molecule has 0 aromatic rings. The van der Waals surface area contributed by atoms with Crippen LogP contribution in [-0.2, 0) is 4.74 Å². The third-order valence-corrected chi connectivity index (χ3v) is 1.49. The lowest BCUT2D eigenvalue weighted by atomic mass is 10.2. The second-order valence-electron chi connectivity index (χ2n) is 2.83. The van der Waals surface area contributed by atoms with Crippen molar-refractivity contribution in [1.82, 2.24) is 5.32 Å². The van der Waals surface area contributed by atoms with Crippen molar-refractivity contribution in [3.05, 3.63) is 0 Å². The average Bonchev–Trinajstić information content (AvgIpc) is 2.02. The van der Waals surface area contributed by atoms with Gasteiger partial charge in [0.2, 0.25) is 0 Å². The monoisotopic (exact) mass is 171 g/mol. The molecule has 0 spiro atoms. The van der Waals surface area contributed by atoms with E-state index in [9.17, 15) is 5.11 Å². The molecule has 0 aliphatic carbocycles. The Morgan fingerprint density at radius 2 is 2.33 bits per heavy atom. The molecular formula is C9H17NO2. The Morgan fingerprint density at radius 1 is 1.67 bits per heavy atom. The van der Waals surface area contributed by atoms with E-state index >= 15 is 0 Å². The van der Waals surface area contributed by atoms with E-state index < -0.39 is 6.10 Å². The Bertz CT molecular complexity index is 142. The maximum atomic E-state index is 9.23. The summed E-state index contributed by atoms with van der Waals surface area (Å²) < 4.78 is 4.77. The normalized spacial score (nSPS) is 15.2. The van der Waals surface area contributed by atoms with Gasteiger partial charge in [-0.05, 0) is 6.92 Å².